The molecule has 0 spiro atoms. The van der Waals surface area contributed by atoms with Gasteiger partial charge in [0, 0.05) is 10.9 Å². The van der Waals surface area contributed by atoms with Gasteiger partial charge in [-0.1, -0.05) is 35.0 Å². The van der Waals surface area contributed by atoms with E-state index in [9.17, 15) is 4.79 Å². The molecule has 0 saturated carbocycles. The summed E-state index contributed by atoms with van der Waals surface area (Å²) < 4.78 is 1.10. The van der Waals surface area contributed by atoms with Crippen LogP contribution in [-0.2, 0) is 11.2 Å². The van der Waals surface area contributed by atoms with E-state index in [-0.39, 0.29) is 5.78 Å². The van der Waals surface area contributed by atoms with Crippen LogP contribution < -0.4 is 0 Å². The predicted octanol–water partition coefficient (Wildman–Crippen LogP) is 3.61. The number of carbonyl (C=O) groups is 1. The molecule has 1 nitrogen and oxygen atoms in total. The Hall–Kier alpha value is -0.630. The van der Waals surface area contributed by atoms with Gasteiger partial charge in [0.1, 0.15) is 5.78 Å². The second-order valence-electron chi connectivity index (χ2n) is 3.84. The molecule has 0 aliphatic carbocycles. The third-order valence-electron chi connectivity index (χ3n) is 2.13. The second-order valence-corrected chi connectivity index (χ2v) is 4.76. The fraction of sp³-hybridized carbons (Fsp3) is 0.417. The van der Waals surface area contributed by atoms with Crippen molar-refractivity contribution in [2.24, 2.45) is 5.92 Å². The first-order valence-electron chi connectivity index (χ1n) is 4.82. The highest BCUT2D eigenvalue weighted by Crippen LogP contribution is 2.15. The van der Waals surface area contributed by atoms with Gasteiger partial charge in [-0.05, 0) is 37.0 Å². The Labute approximate surface area is 93.7 Å². The maximum atomic E-state index is 10.9. The van der Waals surface area contributed by atoms with E-state index in [1.54, 1.807) is 6.92 Å². The highest BCUT2D eigenvalue weighted by molar-refractivity contribution is 9.10. The molecule has 1 aromatic rings. The van der Waals surface area contributed by atoms with Gasteiger partial charge in [-0.3, -0.25) is 0 Å². The summed E-state index contributed by atoms with van der Waals surface area (Å²) in [5.41, 5.74) is 1.29. The summed E-state index contributed by atoms with van der Waals surface area (Å²) in [5, 5.41) is 0. The Morgan fingerprint density at radius 2 is 1.93 bits per heavy atom. The van der Waals surface area contributed by atoms with E-state index in [1.165, 1.54) is 5.56 Å². The van der Waals surface area contributed by atoms with Crippen LogP contribution in [-0.4, -0.2) is 5.78 Å². The minimum Gasteiger partial charge on any atom is -0.300 e. The fourth-order valence-electron chi connectivity index (χ4n) is 1.59. The van der Waals surface area contributed by atoms with Crippen LogP contribution in [0.1, 0.15) is 25.8 Å². The smallest absolute Gasteiger partial charge is 0.130 e. The normalized spacial score (nSPS) is 12.5. The number of halogens is 1. The SMILES string of the molecule is CC(=O)C[C@@H](C)Cc1ccc(Br)cc1. The maximum absolute atomic E-state index is 10.9. The first-order chi connectivity index (χ1) is 6.58. The lowest BCUT2D eigenvalue weighted by Gasteiger charge is -2.08. The maximum Gasteiger partial charge on any atom is 0.130 e. The Kier molecular flexibility index (Phi) is 4.33. The highest BCUT2D eigenvalue weighted by Gasteiger charge is 2.06. The Morgan fingerprint density at radius 1 is 1.36 bits per heavy atom. The lowest BCUT2D eigenvalue weighted by molar-refractivity contribution is -0.117. The van der Waals surface area contributed by atoms with Gasteiger partial charge in [-0.15, -0.1) is 0 Å². The van der Waals surface area contributed by atoms with Crippen molar-refractivity contribution in [1.29, 1.82) is 0 Å². The van der Waals surface area contributed by atoms with Gasteiger partial charge in [0.25, 0.3) is 0 Å². The molecular formula is C12H15BrO. The zero-order chi connectivity index (χ0) is 10.6. The monoisotopic (exact) mass is 254 g/mol. The molecule has 0 heterocycles. The number of hydrogen-bond donors (Lipinski definition) is 0. The van der Waals surface area contributed by atoms with Crippen molar-refractivity contribution < 1.29 is 4.79 Å². The van der Waals surface area contributed by atoms with Gasteiger partial charge in [-0.25, -0.2) is 0 Å². The summed E-state index contributed by atoms with van der Waals surface area (Å²) in [4.78, 5) is 10.9. The van der Waals surface area contributed by atoms with E-state index in [1.807, 2.05) is 12.1 Å². The van der Waals surface area contributed by atoms with E-state index < -0.39 is 0 Å². The summed E-state index contributed by atoms with van der Waals surface area (Å²) >= 11 is 3.40. The van der Waals surface area contributed by atoms with Crippen molar-refractivity contribution in [1.82, 2.24) is 0 Å². The molecule has 14 heavy (non-hydrogen) atoms. The highest BCUT2D eigenvalue weighted by atomic mass is 79.9. The predicted molar refractivity (Wildman–Crippen MR) is 62.3 cm³/mol. The van der Waals surface area contributed by atoms with Crippen molar-refractivity contribution in [2.45, 2.75) is 26.7 Å². The first kappa shape index (κ1) is 11.4. The quantitative estimate of drug-likeness (QED) is 0.803. The molecule has 0 aliphatic rings. The summed E-state index contributed by atoms with van der Waals surface area (Å²) in [6.07, 6.45) is 1.66. The van der Waals surface area contributed by atoms with Crippen LogP contribution in [0.25, 0.3) is 0 Å². The zero-order valence-corrected chi connectivity index (χ0v) is 10.2. The Bertz CT molecular complexity index is 303. The van der Waals surface area contributed by atoms with Gasteiger partial charge in [-0.2, -0.15) is 0 Å². The Morgan fingerprint density at radius 3 is 2.43 bits per heavy atom. The third-order valence-corrected chi connectivity index (χ3v) is 2.66. The molecule has 0 saturated heterocycles. The molecule has 1 atom stereocenters. The van der Waals surface area contributed by atoms with Gasteiger partial charge >= 0.3 is 0 Å². The molecule has 1 rings (SSSR count). The van der Waals surface area contributed by atoms with Crippen LogP contribution in [0, 0.1) is 5.92 Å². The van der Waals surface area contributed by atoms with Crippen molar-refractivity contribution in [3.05, 3.63) is 34.3 Å². The summed E-state index contributed by atoms with van der Waals surface area (Å²) in [6.45, 7) is 3.77. The molecule has 0 radical (unpaired) electrons. The number of hydrogen-bond acceptors (Lipinski definition) is 1. The van der Waals surface area contributed by atoms with E-state index >= 15 is 0 Å². The van der Waals surface area contributed by atoms with E-state index in [2.05, 4.69) is 35.0 Å². The van der Waals surface area contributed by atoms with Crippen LogP contribution in [0.2, 0.25) is 0 Å². The van der Waals surface area contributed by atoms with Crippen LogP contribution >= 0.6 is 15.9 Å². The van der Waals surface area contributed by atoms with Crippen LogP contribution in [0.4, 0.5) is 0 Å². The second kappa shape index (κ2) is 5.30. The Balaban J connectivity index is 2.51. The number of Topliss-reactive ketones (excluding diaryl/α,β-unsaturated/α-hetero) is 1. The molecule has 0 unspecified atom stereocenters. The molecule has 0 aromatic heterocycles. The molecule has 0 bridgehead atoms. The van der Waals surface area contributed by atoms with Gasteiger partial charge in [0.2, 0.25) is 0 Å². The van der Waals surface area contributed by atoms with Gasteiger partial charge in [0.15, 0.2) is 0 Å². The molecule has 0 aliphatic heterocycles. The van der Waals surface area contributed by atoms with Crippen LogP contribution in [0.3, 0.4) is 0 Å². The first-order valence-corrected chi connectivity index (χ1v) is 5.61. The average Bonchev–Trinajstić information content (AvgIpc) is 2.07. The standard InChI is InChI=1S/C12H15BrO/c1-9(7-10(2)14)8-11-3-5-12(13)6-4-11/h3-6,9H,7-8H2,1-2H3/t9-/m1/s1. The number of carbonyl (C=O) groups excluding carboxylic acids is 1. The molecule has 76 valence electrons. The molecule has 1 aromatic carbocycles. The summed E-state index contributed by atoms with van der Waals surface area (Å²) in [7, 11) is 0. The largest absolute Gasteiger partial charge is 0.300 e. The summed E-state index contributed by atoms with van der Waals surface area (Å²) in [6, 6.07) is 8.27. The van der Waals surface area contributed by atoms with Crippen molar-refractivity contribution in [3.8, 4) is 0 Å². The lowest BCUT2D eigenvalue weighted by Crippen LogP contribution is -2.04. The lowest BCUT2D eigenvalue weighted by atomic mass is 9.97. The van der Waals surface area contributed by atoms with Crippen molar-refractivity contribution >= 4 is 21.7 Å². The van der Waals surface area contributed by atoms with Gasteiger partial charge in [0.05, 0.1) is 0 Å². The third kappa shape index (κ3) is 4.05. The minimum atomic E-state index is 0.273. The van der Waals surface area contributed by atoms with E-state index in [4.69, 9.17) is 0 Å². The summed E-state index contributed by atoms with van der Waals surface area (Å²) in [5.74, 6) is 0.711. The van der Waals surface area contributed by atoms with Crippen LogP contribution in [0.5, 0.6) is 0 Å². The average molecular weight is 255 g/mol. The van der Waals surface area contributed by atoms with Crippen molar-refractivity contribution in [2.75, 3.05) is 0 Å². The molecule has 0 N–H and O–H groups in total. The van der Waals surface area contributed by atoms with E-state index in [0.29, 0.717) is 12.3 Å². The topological polar surface area (TPSA) is 17.1 Å². The van der Waals surface area contributed by atoms with E-state index in [0.717, 1.165) is 10.9 Å². The van der Waals surface area contributed by atoms with Crippen molar-refractivity contribution in [3.63, 3.8) is 0 Å². The van der Waals surface area contributed by atoms with Crippen LogP contribution in [0.15, 0.2) is 28.7 Å². The molecule has 2 heteroatoms. The molecule has 0 amide bonds. The number of benzene rings is 1. The fourth-order valence-corrected chi connectivity index (χ4v) is 1.85. The minimum absolute atomic E-state index is 0.273. The number of ketones is 1. The zero-order valence-electron chi connectivity index (χ0n) is 8.59. The molecule has 0 fully saturated rings. The molecular weight excluding hydrogens is 240 g/mol. The van der Waals surface area contributed by atoms with Gasteiger partial charge < -0.3 is 4.79 Å². The number of rotatable bonds is 4.